The summed E-state index contributed by atoms with van der Waals surface area (Å²) < 4.78 is 5.45. The monoisotopic (exact) mass is 461 g/mol. The van der Waals surface area contributed by atoms with Gasteiger partial charge in [0.1, 0.15) is 5.60 Å². The minimum atomic E-state index is -0.549. The van der Waals surface area contributed by atoms with Gasteiger partial charge in [-0.1, -0.05) is 24.3 Å². The summed E-state index contributed by atoms with van der Waals surface area (Å²) in [6.07, 6.45) is 0.358. The number of aromatic amines is 1. The summed E-state index contributed by atoms with van der Waals surface area (Å²) in [6.45, 7) is 8.51. The lowest BCUT2D eigenvalue weighted by Crippen LogP contribution is -2.41. The molecule has 2 amide bonds. The van der Waals surface area contributed by atoms with Gasteiger partial charge in [0.25, 0.3) is 11.5 Å². The van der Waals surface area contributed by atoms with Gasteiger partial charge in [-0.05, 0) is 74.9 Å². The Bertz CT molecular complexity index is 1290. The molecule has 2 heterocycles. The van der Waals surface area contributed by atoms with E-state index in [2.05, 4.69) is 4.98 Å². The van der Waals surface area contributed by atoms with Gasteiger partial charge in [0.05, 0.1) is 6.04 Å². The van der Waals surface area contributed by atoms with Gasteiger partial charge in [-0.3, -0.25) is 9.59 Å². The second-order valence-corrected chi connectivity index (χ2v) is 9.91. The number of fused-ring (bicyclic) bond motifs is 1. The average Bonchev–Trinajstić information content (AvgIpc) is 3.28. The van der Waals surface area contributed by atoms with E-state index in [-0.39, 0.29) is 23.6 Å². The number of nitrogens with zero attached hydrogens (tertiary/aromatic N) is 2. The van der Waals surface area contributed by atoms with Crippen molar-refractivity contribution >= 4 is 22.8 Å². The van der Waals surface area contributed by atoms with Crippen molar-refractivity contribution in [2.75, 3.05) is 20.1 Å². The SMILES string of the molecule is Cc1cccc2c(=O)[nH]c(-c3ccc(C(=O)N(C)C4CCN(C(=O)OC(C)(C)C)C4)cc3)cc12. The first-order valence-corrected chi connectivity index (χ1v) is 11.5. The number of aromatic nitrogens is 1. The van der Waals surface area contributed by atoms with Crippen LogP contribution in [0.15, 0.2) is 53.3 Å². The van der Waals surface area contributed by atoms with E-state index >= 15 is 0 Å². The standard InChI is InChI=1S/C27H31N3O4/c1-17-7-6-8-21-22(17)15-23(28-24(21)31)18-9-11-19(12-10-18)25(32)29(5)20-13-14-30(16-20)26(33)34-27(2,3)4/h6-12,15,20H,13-14,16H2,1-5H3,(H,28,31). The number of carbonyl (C=O) groups is 2. The molecule has 2 aromatic carbocycles. The van der Waals surface area contributed by atoms with Crippen LogP contribution in [0.5, 0.6) is 0 Å². The Hall–Kier alpha value is -3.61. The molecule has 0 bridgehead atoms. The highest BCUT2D eigenvalue weighted by Gasteiger charge is 2.33. The topological polar surface area (TPSA) is 82.7 Å². The summed E-state index contributed by atoms with van der Waals surface area (Å²) in [5, 5.41) is 1.58. The lowest BCUT2D eigenvalue weighted by molar-refractivity contribution is 0.0279. The smallest absolute Gasteiger partial charge is 0.410 e. The molecule has 1 fully saturated rings. The lowest BCUT2D eigenvalue weighted by atomic mass is 10.0. The number of amides is 2. The van der Waals surface area contributed by atoms with Crippen LogP contribution in [0.3, 0.4) is 0 Å². The number of benzene rings is 2. The minimum Gasteiger partial charge on any atom is -0.444 e. The fraction of sp³-hybridized carbons (Fsp3) is 0.370. The van der Waals surface area contributed by atoms with E-state index in [4.69, 9.17) is 4.74 Å². The Balaban J connectivity index is 1.48. The number of aryl methyl sites for hydroxylation is 1. The van der Waals surface area contributed by atoms with E-state index in [1.54, 1.807) is 29.0 Å². The summed E-state index contributed by atoms with van der Waals surface area (Å²) in [5.74, 6) is -0.106. The number of rotatable bonds is 3. The van der Waals surface area contributed by atoms with Crippen molar-refractivity contribution in [2.45, 2.75) is 45.8 Å². The molecule has 34 heavy (non-hydrogen) atoms. The molecule has 0 radical (unpaired) electrons. The third-order valence-corrected chi connectivity index (χ3v) is 6.23. The normalized spacial score (nSPS) is 16.0. The van der Waals surface area contributed by atoms with Gasteiger partial charge in [-0.25, -0.2) is 4.79 Å². The summed E-state index contributed by atoms with van der Waals surface area (Å²) in [7, 11) is 1.77. The molecule has 7 heteroatoms. The van der Waals surface area contributed by atoms with Gasteiger partial charge in [0.2, 0.25) is 0 Å². The van der Waals surface area contributed by atoms with Crippen molar-refractivity contribution in [3.63, 3.8) is 0 Å². The number of likely N-dealkylation sites (N-methyl/N-ethyl adjacent to an activating group) is 1. The van der Waals surface area contributed by atoms with Gasteiger partial charge in [-0.2, -0.15) is 0 Å². The molecule has 7 nitrogen and oxygen atoms in total. The zero-order valence-electron chi connectivity index (χ0n) is 20.3. The van der Waals surface area contributed by atoms with Gasteiger partial charge >= 0.3 is 6.09 Å². The van der Waals surface area contributed by atoms with E-state index < -0.39 is 5.60 Å². The van der Waals surface area contributed by atoms with Crippen molar-refractivity contribution < 1.29 is 14.3 Å². The molecule has 0 aliphatic carbocycles. The van der Waals surface area contributed by atoms with Crippen LogP contribution in [-0.4, -0.2) is 58.6 Å². The highest BCUT2D eigenvalue weighted by molar-refractivity contribution is 5.95. The van der Waals surface area contributed by atoms with Gasteiger partial charge in [0.15, 0.2) is 0 Å². The molecule has 0 spiro atoms. The predicted molar refractivity (Wildman–Crippen MR) is 133 cm³/mol. The van der Waals surface area contributed by atoms with E-state index in [1.165, 1.54) is 0 Å². The fourth-order valence-electron chi connectivity index (χ4n) is 4.31. The van der Waals surface area contributed by atoms with E-state index in [0.29, 0.717) is 36.2 Å². The maximum absolute atomic E-state index is 13.1. The largest absolute Gasteiger partial charge is 0.444 e. The average molecular weight is 462 g/mol. The third-order valence-electron chi connectivity index (χ3n) is 6.23. The summed E-state index contributed by atoms with van der Waals surface area (Å²) >= 11 is 0. The van der Waals surface area contributed by atoms with E-state index in [1.807, 2.05) is 64.1 Å². The fourth-order valence-corrected chi connectivity index (χ4v) is 4.31. The Morgan fingerprint density at radius 3 is 2.47 bits per heavy atom. The lowest BCUT2D eigenvalue weighted by Gasteiger charge is -2.27. The zero-order chi connectivity index (χ0) is 24.6. The quantitative estimate of drug-likeness (QED) is 0.619. The number of ether oxygens (including phenoxy) is 1. The first kappa shape index (κ1) is 23.5. The number of nitrogens with one attached hydrogen (secondary N) is 1. The Morgan fingerprint density at radius 1 is 1.09 bits per heavy atom. The molecule has 1 aromatic heterocycles. The molecule has 1 unspecified atom stereocenters. The van der Waals surface area contributed by atoms with Crippen molar-refractivity contribution in [1.82, 2.24) is 14.8 Å². The van der Waals surface area contributed by atoms with Crippen LogP contribution in [0, 0.1) is 6.92 Å². The summed E-state index contributed by atoms with van der Waals surface area (Å²) in [4.78, 5) is 44.3. The highest BCUT2D eigenvalue weighted by atomic mass is 16.6. The summed E-state index contributed by atoms with van der Waals surface area (Å²) in [6, 6.07) is 14.8. The van der Waals surface area contributed by atoms with E-state index in [9.17, 15) is 14.4 Å². The molecule has 3 aromatic rings. The maximum atomic E-state index is 13.1. The number of pyridine rings is 1. The van der Waals surface area contributed by atoms with Crippen molar-refractivity contribution in [3.8, 4) is 11.3 Å². The van der Waals surface area contributed by atoms with Crippen LogP contribution in [-0.2, 0) is 4.74 Å². The number of hydrogen-bond acceptors (Lipinski definition) is 4. The van der Waals surface area contributed by atoms with Crippen molar-refractivity contribution in [3.05, 3.63) is 70.0 Å². The van der Waals surface area contributed by atoms with Crippen LogP contribution in [0.1, 0.15) is 43.1 Å². The van der Waals surface area contributed by atoms with E-state index in [0.717, 1.165) is 16.5 Å². The Morgan fingerprint density at radius 2 is 1.79 bits per heavy atom. The predicted octanol–water partition coefficient (Wildman–Crippen LogP) is 4.58. The Labute approximate surface area is 199 Å². The second-order valence-electron chi connectivity index (χ2n) is 9.91. The highest BCUT2D eigenvalue weighted by Crippen LogP contribution is 2.24. The third kappa shape index (κ3) is 4.83. The molecular weight excluding hydrogens is 430 g/mol. The van der Waals surface area contributed by atoms with Crippen molar-refractivity contribution in [1.29, 1.82) is 0 Å². The molecule has 4 rings (SSSR count). The molecule has 1 atom stereocenters. The minimum absolute atomic E-state index is 0.0699. The first-order chi connectivity index (χ1) is 16.0. The number of carbonyl (C=O) groups excluding carboxylic acids is 2. The van der Waals surface area contributed by atoms with Crippen LogP contribution < -0.4 is 5.56 Å². The van der Waals surface area contributed by atoms with Crippen LogP contribution in [0.2, 0.25) is 0 Å². The molecule has 1 saturated heterocycles. The molecule has 1 N–H and O–H groups in total. The summed E-state index contributed by atoms with van der Waals surface area (Å²) in [5.41, 5.74) is 2.46. The molecule has 178 valence electrons. The van der Waals surface area contributed by atoms with Crippen LogP contribution in [0.4, 0.5) is 4.79 Å². The van der Waals surface area contributed by atoms with Crippen LogP contribution in [0.25, 0.3) is 22.0 Å². The number of hydrogen-bond donors (Lipinski definition) is 1. The van der Waals surface area contributed by atoms with Crippen molar-refractivity contribution in [2.24, 2.45) is 0 Å². The Kier molecular flexibility index (Phi) is 6.21. The maximum Gasteiger partial charge on any atom is 0.410 e. The van der Waals surface area contributed by atoms with Crippen LogP contribution >= 0.6 is 0 Å². The molecule has 1 aliphatic rings. The first-order valence-electron chi connectivity index (χ1n) is 11.5. The van der Waals surface area contributed by atoms with Gasteiger partial charge in [-0.15, -0.1) is 0 Å². The van der Waals surface area contributed by atoms with Gasteiger partial charge in [0, 0.05) is 36.8 Å². The zero-order valence-corrected chi connectivity index (χ0v) is 20.3. The molecule has 0 saturated carbocycles. The molecular formula is C27H31N3O4. The number of H-pyrrole nitrogens is 1. The number of likely N-dealkylation sites (tertiary alicyclic amines) is 1. The second kappa shape index (κ2) is 8.97. The molecule has 1 aliphatic heterocycles. The van der Waals surface area contributed by atoms with Gasteiger partial charge < -0.3 is 19.5 Å².